The number of nitrogen functional groups attached to an aromatic ring is 1. The second kappa shape index (κ2) is 6.92. The van der Waals surface area contributed by atoms with Gasteiger partial charge in [0.05, 0.1) is 0 Å². The predicted molar refractivity (Wildman–Crippen MR) is 82.6 cm³/mol. The summed E-state index contributed by atoms with van der Waals surface area (Å²) in [6.07, 6.45) is 5.23. The molecular formula is C14H22N6O. The van der Waals surface area contributed by atoms with Crippen molar-refractivity contribution in [3.8, 4) is 0 Å². The SMILES string of the molecule is N=C(N)NC[C@H]1CC[C@H](C(=O)Nc2ccnc(N)c2)CC1. The van der Waals surface area contributed by atoms with Gasteiger partial charge in [0.15, 0.2) is 5.96 Å². The maximum atomic E-state index is 12.2. The van der Waals surface area contributed by atoms with Crippen molar-refractivity contribution in [1.29, 1.82) is 5.41 Å². The van der Waals surface area contributed by atoms with Gasteiger partial charge >= 0.3 is 0 Å². The van der Waals surface area contributed by atoms with E-state index < -0.39 is 0 Å². The Balaban J connectivity index is 1.79. The van der Waals surface area contributed by atoms with Gasteiger partial charge in [-0.05, 0) is 37.7 Å². The van der Waals surface area contributed by atoms with Crippen LogP contribution in [0, 0.1) is 17.2 Å². The number of carbonyl (C=O) groups excluding carboxylic acids is 1. The van der Waals surface area contributed by atoms with Crippen LogP contribution in [-0.4, -0.2) is 23.4 Å². The van der Waals surface area contributed by atoms with E-state index in [1.165, 1.54) is 0 Å². The number of nitrogens with one attached hydrogen (secondary N) is 3. The van der Waals surface area contributed by atoms with Crippen LogP contribution in [0.4, 0.5) is 11.5 Å². The first-order valence-electron chi connectivity index (χ1n) is 7.15. The Hall–Kier alpha value is -2.31. The lowest BCUT2D eigenvalue weighted by molar-refractivity contribution is -0.121. The van der Waals surface area contributed by atoms with Crippen LogP contribution < -0.4 is 22.1 Å². The molecule has 1 amide bonds. The molecule has 0 saturated heterocycles. The van der Waals surface area contributed by atoms with Gasteiger partial charge in [0.25, 0.3) is 0 Å². The van der Waals surface area contributed by atoms with E-state index in [1.54, 1.807) is 18.3 Å². The van der Waals surface area contributed by atoms with Gasteiger partial charge in [-0.1, -0.05) is 0 Å². The molecule has 7 nitrogen and oxygen atoms in total. The van der Waals surface area contributed by atoms with Crippen molar-refractivity contribution in [1.82, 2.24) is 10.3 Å². The first-order valence-corrected chi connectivity index (χ1v) is 7.15. The number of aromatic nitrogens is 1. The van der Waals surface area contributed by atoms with Crippen molar-refractivity contribution in [2.24, 2.45) is 17.6 Å². The highest BCUT2D eigenvalue weighted by Crippen LogP contribution is 2.29. The van der Waals surface area contributed by atoms with Crippen LogP contribution in [0.2, 0.25) is 0 Å². The van der Waals surface area contributed by atoms with Crippen LogP contribution in [0.15, 0.2) is 18.3 Å². The maximum absolute atomic E-state index is 12.2. The normalized spacial score (nSPS) is 21.5. The van der Waals surface area contributed by atoms with Crippen molar-refractivity contribution >= 4 is 23.4 Å². The summed E-state index contributed by atoms with van der Waals surface area (Å²) in [5.74, 6) is 0.957. The summed E-state index contributed by atoms with van der Waals surface area (Å²) in [6, 6.07) is 3.39. The molecule has 0 atom stereocenters. The second-order valence-electron chi connectivity index (χ2n) is 5.47. The van der Waals surface area contributed by atoms with Crippen molar-refractivity contribution in [3.63, 3.8) is 0 Å². The van der Waals surface area contributed by atoms with E-state index in [9.17, 15) is 4.79 Å². The van der Waals surface area contributed by atoms with Crippen molar-refractivity contribution in [2.75, 3.05) is 17.6 Å². The molecule has 1 fully saturated rings. The average Bonchev–Trinajstić information content (AvgIpc) is 2.45. The third kappa shape index (κ3) is 4.62. The average molecular weight is 290 g/mol. The first kappa shape index (κ1) is 15.1. The molecule has 1 saturated carbocycles. The van der Waals surface area contributed by atoms with Crippen LogP contribution >= 0.6 is 0 Å². The van der Waals surface area contributed by atoms with E-state index in [2.05, 4.69) is 15.6 Å². The highest BCUT2D eigenvalue weighted by molar-refractivity contribution is 5.92. The van der Waals surface area contributed by atoms with Gasteiger partial charge in [-0.25, -0.2) is 4.98 Å². The quantitative estimate of drug-likeness (QED) is 0.415. The molecule has 1 aromatic rings. The molecule has 1 aliphatic carbocycles. The van der Waals surface area contributed by atoms with Crippen molar-refractivity contribution < 1.29 is 4.79 Å². The van der Waals surface area contributed by atoms with Crippen LogP contribution in [0.25, 0.3) is 0 Å². The monoisotopic (exact) mass is 290 g/mol. The van der Waals surface area contributed by atoms with Crippen LogP contribution in [-0.2, 0) is 4.79 Å². The molecule has 7 N–H and O–H groups in total. The standard InChI is InChI=1S/C14H22N6O/c15-12-7-11(5-6-18-12)20-13(21)10-3-1-9(2-4-10)8-19-14(16)17/h5-7,9-10H,1-4,8H2,(H4,16,17,19)(H3,15,18,20,21)/t9-,10-. The Kier molecular flexibility index (Phi) is 4.97. The molecular weight excluding hydrogens is 268 g/mol. The third-order valence-corrected chi connectivity index (χ3v) is 3.85. The molecule has 0 bridgehead atoms. The number of nitrogens with zero attached hydrogens (tertiary/aromatic N) is 1. The van der Waals surface area contributed by atoms with Crippen LogP contribution in [0.5, 0.6) is 0 Å². The molecule has 2 rings (SSSR count). The molecule has 1 aliphatic rings. The fourth-order valence-corrected chi connectivity index (χ4v) is 2.65. The van der Waals surface area contributed by atoms with Crippen molar-refractivity contribution in [2.45, 2.75) is 25.7 Å². The number of hydrogen-bond donors (Lipinski definition) is 5. The van der Waals surface area contributed by atoms with Gasteiger partial charge in [-0.15, -0.1) is 0 Å². The van der Waals surface area contributed by atoms with Gasteiger partial charge < -0.3 is 22.1 Å². The number of hydrogen-bond acceptors (Lipinski definition) is 4. The minimum absolute atomic E-state index is 0.00476. The Bertz CT molecular complexity index is 510. The Morgan fingerprint density at radius 1 is 1.38 bits per heavy atom. The summed E-state index contributed by atoms with van der Waals surface area (Å²) in [5.41, 5.74) is 11.6. The zero-order valence-electron chi connectivity index (χ0n) is 11.9. The van der Waals surface area contributed by atoms with Gasteiger partial charge in [0, 0.05) is 30.4 Å². The van der Waals surface area contributed by atoms with Gasteiger partial charge in [-0.2, -0.15) is 0 Å². The van der Waals surface area contributed by atoms with E-state index in [0.29, 0.717) is 24.0 Å². The summed E-state index contributed by atoms with van der Waals surface area (Å²) >= 11 is 0. The molecule has 114 valence electrons. The third-order valence-electron chi connectivity index (χ3n) is 3.85. The van der Waals surface area contributed by atoms with E-state index in [0.717, 1.165) is 25.7 Å². The lowest BCUT2D eigenvalue weighted by Gasteiger charge is -2.27. The van der Waals surface area contributed by atoms with Gasteiger partial charge in [0.2, 0.25) is 5.91 Å². The zero-order chi connectivity index (χ0) is 15.2. The fourth-order valence-electron chi connectivity index (χ4n) is 2.65. The molecule has 1 heterocycles. The highest BCUT2D eigenvalue weighted by atomic mass is 16.1. The molecule has 7 heteroatoms. The van der Waals surface area contributed by atoms with Crippen LogP contribution in [0.3, 0.4) is 0 Å². The molecule has 0 radical (unpaired) electrons. The topological polar surface area (TPSA) is 130 Å². The van der Waals surface area contributed by atoms with E-state index in [4.69, 9.17) is 16.9 Å². The molecule has 0 aromatic carbocycles. The largest absolute Gasteiger partial charge is 0.384 e. The Morgan fingerprint density at radius 3 is 2.71 bits per heavy atom. The van der Waals surface area contributed by atoms with E-state index in [1.807, 2.05) is 0 Å². The number of guanidine groups is 1. The molecule has 0 unspecified atom stereocenters. The summed E-state index contributed by atoms with van der Waals surface area (Å²) in [6.45, 7) is 0.713. The lowest BCUT2D eigenvalue weighted by Crippen LogP contribution is -2.36. The summed E-state index contributed by atoms with van der Waals surface area (Å²) in [7, 11) is 0. The smallest absolute Gasteiger partial charge is 0.227 e. The summed E-state index contributed by atoms with van der Waals surface area (Å²) < 4.78 is 0. The Morgan fingerprint density at radius 2 is 2.10 bits per heavy atom. The lowest BCUT2D eigenvalue weighted by atomic mass is 9.81. The zero-order valence-corrected chi connectivity index (χ0v) is 11.9. The van der Waals surface area contributed by atoms with Crippen LogP contribution in [0.1, 0.15) is 25.7 Å². The minimum Gasteiger partial charge on any atom is -0.384 e. The highest BCUT2D eigenvalue weighted by Gasteiger charge is 2.26. The molecule has 1 aromatic heterocycles. The Labute approximate surface area is 124 Å². The number of pyridine rings is 1. The number of anilines is 2. The second-order valence-corrected chi connectivity index (χ2v) is 5.47. The van der Waals surface area contributed by atoms with Gasteiger partial charge in [-0.3, -0.25) is 10.2 Å². The van der Waals surface area contributed by atoms with Crippen molar-refractivity contribution in [3.05, 3.63) is 18.3 Å². The first-order chi connectivity index (χ1) is 10.0. The number of rotatable bonds is 4. The molecule has 21 heavy (non-hydrogen) atoms. The number of carbonyl (C=O) groups is 1. The molecule has 0 spiro atoms. The van der Waals surface area contributed by atoms with Gasteiger partial charge in [0.1, 0.15) is 5.82 Å². The summed E-state index contributed by atoms with van der Waals surface area (Å²) in [4.78, 5) is 16.1. The predicted octanol–water partition coefficient (Wildman–Crippen LogP) is 0.892. The molecule has 0 aliphatic heterocycles. The maximum Gasteiger partial charge on any atom is 0.227 e. The number of amides is 1. The van der Waals surface area contributed by atoms with E-state index >= 15 is 0 Å². The van der Waals surface area contributed by atoms with E-state index in [-0.39, 0.29) is 17.8 Å². The minimum atomic E-state index is 0.00476. The number of nitrogens with two attached hydrogens (primary N) is 2. The summed E-state index contributed by atoms with van der Waals surface area (Å²) in [5, 5.41) is 12.9. The fraction of sp³-hybridized carbons (Fsp3) is 0.500.